The van der Waals surface area contributed by atoms with Crippen molar-refractivity contribution in [3.05, 3.63) is 11.6 Å². The number of allylic oxidation sites excluding steroid dienone is 1. The summed E-state index contributed by atoms with van der Waals surface area (Å²) in [7, 11) is 0. The van der Waals surface area contributed by atoms with Gasteiger partial charge in [-0.15, -0.1) is 0 Å². The molecule has 0 heterocycles. The molecule has 2 N–H and O–H groups in total. The Hall–Kier alpha value is -1.33. The van der Waals surface area contributed by atoms with Crippen LogP contribution >= 0.6 is 0 Å². The van der Waals surface area contributed by atoms with Crippen molar-refractivity contribution in [1.29, 1.82) is 0 Å². The Bertz CT molecular complexity index is 769. The minimum absolute atomic E-state index is 0.0830. The Morgan fingerprint density at radius 1 is 1.15 bits per heavy atom. The first kappa shape index (κ1) is 19.0. The van der Waals surface area contributed by atoms with Crippen LogP contribution in [0.3, 0.4) is 0 Å². The number of carbonyl (C=O) groups excluding carboxylic acids is 3. The van der Waals surface area contributed by atoms with Crippen LogP contribution < -0.4 is 0 Å². The van der Waals surface area contributed by atoms with E-state index in [-0.39, 0.29) is 40.7 Å². The molecule has 5 nitrogen and oxygen atoms in total. The van der Waals surface area contributed by atoms with Crippen LogP contribution in [-0.4, -0.2) is 39.8 Å². The summed E-state index contributed by atoms with van der Waals surface area (Å²) in [5.74, 6) is -0.377. The van der Waals surface area contributed by atoms with Crippen LogP contribution in [0.15, 0.2) is 11.6 Å². The Morgan fingerprint density at radius 2 is 1.85 bits per heavy atom. The highest BCUT2D eigenvalue weighted by atomic mass is 16.3. The number of Topliss-reactive ketones (excluding diaryl/α,β-unsaturated/α-hetero) is 2. The van der Waals surface area contributed by atoms with Crippen molar-refractivity contribution in [1.82, 2.24) is 0 Å². The third-order valence-corrected chi connectivity index (χ3v) is 9.25. The average molecular weight is 374 g/mol. The topological polar surface area (TPSA) is 91.7 Å². The molecule has 5 heteroatoms. The summed E-state index contributed by atoms with van der Waals surface area (Å²) in [6.45, 7) is 5.44. The highest BCUT2D eigenvalue weighted by molar-refractivity contribution is 5.94. The van der Waals surface area contributed by atoms with Gasteiger partial charge in [-0.25, -0.2) is 0 Å². The minimum atomic E-state index is -1.64. The van der Waals surface area contributed by atoms with E-state index in [1.54, 1.807) is 6.08 Å². The highest BCUT2D eigenvalue weighted by Gasteiger charge is 2.73. The summed E-state index contributed by atoms with van der Waals surface area (Å²) in [6, 6.07) is 0. The standard InChI is InChI=1S/C22H30O5/c1-19-7-6-14(24)10-13(19)4-5-15-18(19)16(25)11-21(3)20(15,2)8-9-22(21,27)17(26)12-23/h10,15,18,23,27H,4-9,11-12H2,1-3H3/t15?,18?,19-,20?,21-,22+/m0/s1. The van der Waals surface area contributed by atoms with Gasteiger partial charge in [-0.1, -0.05) is 26.3 Å². The number of hydrogen-bond donors (Lipinski definition) is 2. The van der Waals surface area contributed by atoms with Crippen molar-refractivity contribution in [2.24, 2.45) is 28.1 Å². The lowest BCUT2D eigenvalue weighted by Gasteiger charge is -2.62. The molecular weight excluding hydrogens is 344 g/mol. The predicted octanol–water partition coefficient (Wildman–Crippen LogP) is 2.38. The first-order chi connectivity index (χ1) is 12.5. The van der Waals surface area contributed by atoms with Crippen molar-refractivity contribution in [3.63, 3.8) is 0 Å². The summed E-state index contributed by atoms with van der Waals surface area (Å²) in [5.41, 5.74) is -2.03. The van der Waals surface area contributed by atoms with Gasteiger partial charge in [-0.3, -0.25) is 14.4 Å². The number of aliphatic hydroxyl groups excluding tert-OH is 1. The van der Waals surface area contributed by atoms with Crippen molar-refractivity contribution >= 4 is 17.3 Å². The van der Waals surface area contributed by atoms with E-state index < -0.39 is 23.4 Å². The summed E-state index contributed by atoms with van der Waals surface area (Å²) in [5, 5.41) is 20.7. The minimum Gasteiger partial charge on any atom is -0.388 e. The first-order valence-corrected chi connectivity index (χ1v) is 10.2. The van der Waals surface area contributed by atoms with E-state index >= 15 is 0 Å². The lowest BCUT2D eigenvalue weighted by molar-refractivity contribution is -0.185. The molecule has 3 fully saturated rings. The molecule has 4 rings (SSSR count). The summed E-state index contributed by atoms with van der Waals surface area (Å²) in [4.78, 5) is 37.9. The zero-order chi connectivity index (χ0) is 19.8. The van der Waals surface area contributed by atoms with Crippen LogP contribution in [0.25, 0.3) is 0 Å². The van der Waals surface area contributed by atoms with Gasteiger partial charge in [0.25, 0.3) is 0 Å². The van der Waals surface area contributed by atoms with E-state index in [0.717, 1.165) is 18.4 Å². The fourth-order valence-electron chi connectivity index (χ4n) is 7.32. The lowest BCUT2D eigenvalue weighted by atomic mass is 9.41. The van der Waals surface area contributed by atoms with E-state index in [4.69, 9.17) is 0 Å². The van der Waals surface area contributed by atoms with Crippen LogP contribution in [0, 0.1) is 28.1 Å². The Kier molecular flexibility index (Phi) is 3.94. The SMILES string of the molecule is CC12CC[C@@](O)(C(=O)CO)[C@@]1(C)CC(=O)C1C2CCC2=CC(=O)CC[C@@]21C. The molecule has 0 aromatic rings. The lowest BCUT2D eigenvalue weighted by Crippen LogP contribution is -2.64. The van der Waals surface area contributed by atoms with Gasteiger partial charge in [-0.2, -0.15) is 0 Å². The maximum atomic E-state index is 13.5. The Labute approximate surface area is 160 Å². The van der Waals surface area contributed by atoms with E-state index in [0.29, 0.717) is 25.7 Å². The van der Waals surface area contributed by atoms with Crippen molar-refractivity contribution in [2.75, 3.05) is 6.61 Å². The van der Waals surface area contributed by atoms with Crippen LogP contribution in [0.5, 0.6) is 0 Å². The molecule has 148 valence electrons. The summed E-state index contributed by atoms with van der Waals surface area (Å²) < 4.78 is 0. The van der Waals surface area contributed by atoms with Gasteiger partial charge in [0.15, 0.2) is 11.6 Å². The number of rotatable bonds is 2. The quantitative estimate of drug-likeness (QED) is 0.774. The van der Waals surface area contributed by atoms with Gasteiger partial charge in [0.05, 0.1) is 0 Å². The highest BCUT2D eigenvalue weighted by Crippen LogP contribution is 2.72. The Morgan fingerprint density at radius 3 is 2.52 bits per heavy atom. The van der Waals surface area contributed by atoms with E-state index in [1.165, 1.54) is 0 Å². The molecule has 4 aliphatic carbocycles. The third-order valence-electron chi connectivity index (χ3n) is 9.25. The van der Waals surface area contributed by atoms with E-state index in [1.807, 2.05) is 6.92 Å². The maximum absolute atomic E-state index is 13.5. The van der Waals surface area contributed by atoms with Crippen molar-refractivity contribution in [2.45, 2.75) is 71.3 Å². The van der Waals surface area contributed by atoms with Gasteiger partial charge in [-0.05, 0) is 54.9 Å². The van der Waals surface area contributed by atoms with Gasteiger partial charge in [0.1, 0.15) is 18.0 Å². The molecule has 0 aromatic carbocycles. The first-order valence-electron chi connectivity index (χ1n) is 10.2. The van der Waals surface area contributed by atoms with Crippen LogP contribution in [0.2, 0.25) is 0 Å². The predicted molar refractivity (Wildman–Crippen MR) is 98.8 cm³/mol. The van der Waals surface area contributed by atoms with Crippen molar-refractivity contribution in [3.8, 4) is 0 Å². The van der Waals surface area contributed by atoms with Crippen LogP contribution in [-0.2, 0) is 14.4 Å². The van der Waals surface area contributed by atoms with Gasteiger partial charge in [0.2, 0.25) is 0 Å². The fraction of sp³-hybridized carbons (Fsp3) is 0.773. The third kappa shape index (κ3) is 2.10. The van der Waals surface area contributed by atoms with Crippen LogP contribution in [0.1, 0.15) is 65.7 Å². The second-order valence-electron chi connectivity index (χ2n) is 10.0. The second-order valence-corrected chi connectivity index (χ2v) is 10.0. The van der Waals surface area contributed by atoms with Crippen LogP contribution in [0.4, 0.5) is 0 Å². The van der Waals surface area contributed by atoms with E-state index in [2.05, 4.69) is 13.8 Å². The molecule has 27 heavy (non-hydrogen) atoms. The summed E-state index contributed by atoms with van der Waals surface area (Å²) in [6.07, 6.45) is 5.69. The zero-order valence-electron chi connectivity index (χ0n) is 16.5. The number of hydrogen-bond acceptors (Lipinski definition) is 5. The fourth-order valence-corrected chi connectivity index (χ4v) is 7.32. The molecule has 4 aliphatic rings. The number of ketones is 3. The Balaban J connectivity index is 1.81. The molecule has 0 saturated heterocycles. The second kappa shape index (κ2) is 5.60. The normalized spacial score (nSPS) is 49.1. The molecule has 0 spiro atoms. The number of fused-ring (bicyclic) bond motifs is 5. The monoisotopic (exact) mass is 374 g/mol. The van der Waals surface area contributed by atoms with Gasteiger partial charge in [0, 0.05) is 24.2 Å². The number of carbonyl (C=O) groups is 3. The van der Waals surface area contributed by atoms with E-state index in [9.17, 15) is 24.6 Å². The molecule has 0 radical (unpaired) electrons. The average Bonchev–Trinajstić information content (AvgIpc) is 2.83. The molecule has 0 aliphatic heterocycles. The van der Waals surface area contributed by atoms with Crippen molar-refractivity contribution < 1.29 is 24.6 Å². The smallest absolute Gasteiger partial charge is 0.190 e. The maximum Gasteiger partial charge on any atom is 0.190 e. The largest absolute Gasteiger partial charge is 0.388 e. The zero-order valence-corrected chi connectivity index (χ0v) is 16.5. The molecule has 3 unspecified atom stereocenters. The number of aliphatic hydroxyl groups is 2. The molecule has 0 bridgehead atoms. The molecule has 6 atom stereocenters. The molecule has 3 saturated carbocycles. The molecular formula is C22H30O5. The molecule has 0 amide bonds. The van der Waals surface area contributed by atoms with Gasteiger partial charge < -0.3 is 10.2 Å². The summed E-state index contributed by atoms with van der Waals surface area (Å²) >= 11 is 0. The van der Waals surface area contributed by atoms with Gasteiger partial charge >= 0.3 is 0 Å². The molecule has 0 aromatic heterocycles.